The van der Waals surface area contributed by atoms with Crippen molar-refractivity contribution in [2.45, 2.75) is 46.3 Å². The first-order valence-electron chi connectivity index (χ1n) is 9.48. The molecule has 0 atom stereocenters. The minimum atomic E-state index is -1.30. The number of methoxy groups -OCH3 is 1. The van der Waals surface area contributed by atoms with Crippen molar-refractivity contribution in [1.29, 1.82) is 0 Å². The lowest BCUT2D eigenvalue weighted by Gasteiger charge is -2.21. The molecule has 3 rings (SSSR count). The third-order valence-electron chi connectivity index (χ3n) is 5.01. The number of aromatic nitrogens is 1. The molecule has 0 saturated carbocycles. The van der Waals surface area contributed by atoms with E-state index in [1.165, 1.54) is 5.69 Å². The second-order valence-electron chi connectivity index (χ2n) is 7.44. The van der Waals surface area contributed by atoms with Gasteiger partial charge in [0.1, 0.15) is 11.5 Å². The van der Waals surface area contributed by atoms with E-state index in [0.29, 0.717) is 5.75 Å². The number of fused-ring (bicyclic) bond motifs is 1. The number of carboxylic acids is 1. The van der Waals surface area contributed by atoms with Gasteiger partial charge in [-0.15, -0.1) is 0 Å². The van der Waals surface area contributed by atoms with Crippen molar-refractivity contribution in [3.05, 3.63) is 48.2 Å². The van der Waals surface area contributed by atoms with Crippen LogP contribution in [0.25, 0.3) is 22.0 Å². The van der Waals surface area contributed by atoms with Gasteiger partial charge in [-0.25, -0.2) is 4.79 Å². The number of hydrogen-bond acceptors (Lipinski definition) is 3. The molecule has 0 amide bonds. The summed E-state index contributed by atoms with van der Waals surface area (Å²) in [5, 5.41) is 10.4. The Balaban J connectivity index is 2.18. The van der Waals surface area contributed by atoms with Crippen molar-refractivity contribution in [1.82, 2.24) is 4.57 Å². The zero-order valence-corrected chi connectivity index (χ0v) is 17.1. The van der Waals surface area contributed by atoms with E-state index in [0.717, 1.165) is 40.7 Å². The highest BCUT2D eigenvalue weighted by atomic mass is 16.5. The van der Waals surface area contributed by atoms with E-state index < -0.39 is 11.6 Å². The van der Waals surface area contributed by atoms with E-state index in [2.05, 4.69) is 18.4 Å². The molecule has 0 bridgehead atoms. The number of ether oxygens (including phenoxy) is 2. The number of aryl methyl sites for hydroxylation is 1. The zero-order valence-electron chi connectivity index (χ0n) is 17.1. The fourth-order valence-corrected chi connectivity index (χ4v) is 3.50. The molecule has 0 aliphatic carbocycles. The quantitative estimate of drug-likeness (QED) is 0.605. The van der Waals surface area contributed by atoms with E-state index in [4.69, 9.17) is 9.47 Å². The molecule has 0 unspecified atom stereocenters. The molecule has 3 aromatic rings. The number of hydrogen-bond donors (Lipinski definition) is 1. The van der Waals surface area contributed by atoms with E-state index in [-0.39, 0.29) is 0 Å². The van der Waals surface area contributed by atoms with Gasteiger partial charge in [0.05, 0.1) is 7.11 Å². The molecule has 2 aromatic carbocycles. The molecule has 1 heterocycles. The van der Waals surface area contributed by atoms with E-state index in [1.807, 2.05) is 42.5 Å². The van der Waals surface area contributed by atoms with Crippen LogP contribution in [-0.2, 0) is 11.3 Å². The molecular formula is C23H27NO4. The van der Waals surface area contributed by atoms with Gasteiger partial charge < -0.3 is 19.1 Å². The Hall–Kier alpha value is -2.95. The highest BCUT2D eigenvalue weighted by molar-refractivity contribution is 5.99. The molecule has 148 valence electrons. The van der Waals surface area contributed by atoms with Gasteiger partial charge in [-0.1, -0.05) is 19.1 Å². The van der Waals surface area contributed by atoms with Crippen LogP contribution in [0.4, 0.5) is 0 Å². The lowest BCUT2D eigenvalue weighted by molar-refractivity contribution is -0.152. The molecular weight excluding hydrogens is 354 g/mol. The Bertz CT molecular complexity index is 1000. The summed E-state index contributed by atoms with van der Waals surface area (Å²) in [6.07, 6.45) is 1.02. The Morgan fingerprint density at radius 1 is 1.11 bits per heavy atom. The fourth-order valence-electron chi connectivity index (χ4n) is 3.50. The second kappa shape index (κ2) is 7.58. The minimum Gasteiger partial charge on any atom is -0.497 e. The van der Waals surface area contributed by atoms with Crippen molar-refractivity contribution in [3.63, 3.8) is 0 Å². The fraction of sp³-hybridized carbons (Fsp3) is 0.348. The van der Waals surface area contributed by atoms with Gasteiger partial charge in [0.15, 0.2) is 5.60 Å². The highest BCUT2D eigenvalue weighted by Crippen LogP contribution is 2.38. The Kier molecular flexibility index (Phi) is 5.36. The number of carboxylic acid groups (broad SMARTS) is 1. The van der Waals surface area contributed by atoms with Crippen LogP contribution in [0.1, 0.15) is 32.9 Å². The first-order valence-corrected chi connectivity index (χ1v) is 9.48. The zero-order chi connectivity index (χ0) is 20.5. The largest absolute Gasteiger partial charge is 0.497 e. The molecule has 5 heteroatoms. The van der Waals surface area contributed by atoms with Gasteiger partial charge >= 0.3 is 5.97 Å². The Morgan fingerprint density at radius 2 is 1.75 bits per heavy atom. The second-order valence-corrected chi connectivity index (χ2v) is 7.44. The van der Waals surface area contributed by atoms with Crippen molar-refractivity contribution < 1.29 is 19.4 Å². The molecule has 0 spiro atoms. The minimum absolute atomic E-state index is 0.545. The molecule has 0 aliphatic heterocycles. The summed E-state index contributed by atoms with van der Waals surface area (Å²) in [5.74, 6) is 0.358. The van der Waals surface area contributed by atoms with Crippen molar-refractivity contribution in [2.75, 3.05) is 7.11 Å². The summed E-state index contributed by atoms with van der Waals surface area (Å²) in [6, 6.07) is 13.8. The van der Waals surface area contributed by atoms with Gasteiger partial charge in [-0.3, -0.25) is 0 Å². The predicted octanol–water partition coefficient (Wildman–Crippen LogP) is 5.28. The maximum Gasteiger partial charge on any atom is 0.347 e. The van der Waals surface area contributed by atoms with Crippen molar-refractivity contribution in [3.8, 4) is 22.6 Å². The summed E-state index contributed by atoms with van der Waals surface area (Å²) in [5.41, 5.74) is 3.22. The van der Waals surface area contributed by atoms with E-state index in [9.17, 15) is 9.90 Å². The van der Waals surface area contributed by atoms with Crippen LogP contribution < -0.4 is 9.47 Å². The lowest BCUT2D eigenvalue weighted by atomic mass is 10.0. The van der Waals surface area contributed by atoms with Crippen LogP contribution in [0.15, 0.2) is 42.5 Å². The van der Waals surface area contributed by atoms with Gasteiger partial charge in [0, 0.05) is 28.7 Å². The normalized spacial score (nSPS) is 11.6. The van der Waals surface area contributed by atoms with Crippen LogP contribution in [0, 0.1) is 6.92 Å². The van der Waals surface area contributed by atoms with Crippen molar-refractivity contribution >= 4 is 16.9 Å². The summed E-state index contributed by atoms with van der Waals surface area (Å²) in [6.45, 7) is 8.30. The third-order valence-corrected chi connectivity index (χ3v) is 5.01. The van der Waals surface area contributed by atoms with Crippen LogP contribution in [0.2, 0.25) is 0 Å². The number of rotatable bonds is 7. The van der Waals surface area contributed by atoms with Crippen LogP contribution in [0.5, 0.6) is 11.5 Å². The van der Waals surface area contributed by atoms with Crippen molar-refractivity contribution in [2.24, 2.45) is 0 Å². The van der Waals surface area contributed by atoms with E-state index in [1.54, 1.807) is 21.0 Å². The summed E-state index contributed by atoms with van der Waals surface area (Å²) in [4.78, 5) is 11.4. The molecule has 0 saturated heterocycles. The van der Waals surface area contributed by atoms with Crippen LogP contribution >= 0.6 is 0 Å². The summed E-state index contributed by atoms with van der Waals surface area (Å²) < 4.78 is 13.4. The average Bonchev–Trinajstić information content (AvgIpc) is 2.93. The number of aliphatic carboxylic acids is 1. The smallest absolute Gasteiger partial charge is 0.347 e. The SMILES string of the molecule is CCCn1c(C)c(-c2ccc(OC)cc2)c2cc(OC(C)(C)C(=O)O)ccc21. The maximum absolute atomic E-state index is 11.4. The summed E-state index contributed by atoms with van der Waals surface area (Å²) >= 11 is 0. The predicted molar refractivity (Wildman–Crippen MR) is 111 cm³/mol. The van der Waals surface area contributed by atoms with Gasteiger partial charge in [0.25, 0.3) is 0 Å². The first kappa shape index (κ1) is 19.8. The topological polar surface area (TPSA) is 60.7 Å². The molecule has 0 aliphatic rings. The van der Waals surface area contributed by atoms with Crippen LogP contribution in [-0.4, -0.2) is 28.4 Å². The third kappa shape index (κ3) is 3.57. The first-order chi connectivity index (χ1) is 13.3. The Morgan fingerprint density at radius 3 is 2.32 bits per heavy atom. The molecule has 5 nitrogen and oxygen atoms in total. The molecule has 28 heavy (non-hydrogen) atoms. The number of benzene rings is 2. The average molecular weight is 381 g/mol. The number of nitrogens with zero attached hydrogens (tertiary/aromatic N) is 1. The standard InChI is InChI=1S/C23H27NO4/c1-6-13-24-15(2)21(16-7-9-17(27-5)10-8-16)19-14-18(11-12-20(19)24)28-23(3,4)22(25)26/h7-12,14H,6,13H2,1-5H3,(H,25,26). The van der Waals surface area contributed by atoms with Gasteiger partial charge in [-0.05, 0) is 63.1 Å². The Labute approximate surface area is 165 Å². The lowest BCUT2D eigenvalue weighted by Crippen LogP contribution is -2.37. The monoisotopic (exact) mass is 381 g/mol. The summed E-state index contributed by atoms with van der Waals surface area (Å²) in [7, 11) is 1.65. The molecule has 0 fully saturated rings. The van der Waals surface area contributed by atoms with E-state index >= 15 is 0 Å². The maximum atomic E-state index is 11.4. The molecule has 1 aromatic heterocycles. The number of carbonyl (C=O) groups is 1. The van der Waals surface area contributed by atoms with Gasteiger partial charge in [-0.2, -0.15) is 0 Å². The van der Waals surface area contributed by atoms with Crippen LogP contribution in [0.3, 0.4) is 0 Å². The highest BCUT2D eigenvalue weighted by Gasteiger charge is 2.29. The van der Waals surface area contributed by atoms with Gasteiger partial charge in [0.2, 0.25) is 0 Å². The molecule has 0 radical (unpaired) electrons. The molecule has 1 N–H and O–H groups in total.